The predicted octanol–water partition coefficient (Wildman–Crippen LogP) is 2.73. The minimum absolute atomic E-state index is 0.214. The van der Waals surface area contributed by atoms with Gasteiger partial charge in [0, 0.05) is 24.7 Å². The van der Waals surface area contributed by atoms with E-state index >= 15 is 0 Å². The van der Waals surface area contributed by atoms with E-state index in [4.69, 9.17) is 11.6 Å². The third kappa shape index (κ3) is 2.89. The molecule has 0 unspecified atom stereocenters. The summed E-state index contributed by atoms with van der Waals surface area (Å²) in [5.74, 6) is -0.428. The summed E-state index contributed by atoms with van der Waals surface area (Å²) in [5, 5.41) is 3.93. The van der Waals surface area contributed by atoms with Crippen LogP contribution in [0.4, 0.5) is 0 Å². The first-order chi connectivity index (χ1) is 10.7. The number of fused-ring (bicyclic) bond motifs is 1. The number of amides is 2. The van der Waals surface area contributed by atoms with Crippen LogP contribution in [-0.2, 0) is 6.54 Å². The molecule has 2 aromatic rings. The Morgan fingerprint density at radius 3 is 2.09 bits per heavy atom. The Balaban J connectivity index is 1.54. The molecule has 0 bridgehead atoms. The van der Waals surface area contributed by atoms with Crippen LogP contribution in [0.2, 0.25) is 5.02 Å². The van der Waals surface area contributed by atoms with Crippen molar-refractivity contribution in [2.45, 2.75) is 6.54 Å². The van der Waals surface area contributed by atoms with Crippen molar-refractivity contribution in [2.24, 2.45) is 0 Å². The van der Waals surface area contributed by atoms with Gasteiger partial charge in [0.05, 0.1) is 11.1 Å². The fraction of sp³-hybridized carbons (Fsp3) is 0.176. The third-order valence-corrected chi connectivity index (χ3v) is 3.88. The van der Waals surface area contributed by atoms with Crippen molar-refractivity contribution in [3.63, 3.8) is 0 Å². The maximum atomic E-state index is 12.2. The van der Waals surface area contributed by atoms with E-state index in [2.05, 4.69) is 5.32 Å². The summed E-state index contributed by atoms with van der Waals surface area (Å²) in [6.07, 6.45) is 0. The van der Waals surface area contributed by atoms with Gasteiger partial charge in [-0.2, -0.15) is 0 Å². The van der Waals surface area contributed by atoms with Crippen molar-refractivity contribution in [2.75, 3.05) is 13.1 Å². The Labute approximate surface area is 133 Å². The molecule has 1 aliphatic rings. The maximum Gasteiger partial charge on any atom is 0.261 e. The molecule has 112 valence electrons. The lowest BCUT2D eigenvalue weighted by Gasteiger charge is -2.14. The van der Waals surface area contributed by atoms with Crippen LogP contribution in [0.3, 0.4) is 0 Å². The molecule has 2 amide bonds. The van der Waals surface area contributed by atoms with Crippen LogP contribution in [0.1, 0.15) is 26.3 Å². The molecule has 0 radical (unpaired) electrons. The van der Waals surface area contributed by atoms with Crippen molar-refractivity contribution >= 4 is 23.4 Å². The Bertz CT molecular complexity index is 678. The summed E-state index contributed by atoms with van der Waals surface area (Å²) in [7, 11) is 0. The average Bonchev–Trinajstić information content (AvgIpc) is 2.78. The quantitative estimate of drug-likeness (QED) is 0.682. The second-order valence-corrected chi connectivity index (χ2v) is 5.55. The first kappa shape index (κ1) is 14.8. The highest BCUT2D eigenvalue weighted by atomic mass is 35.5. The van der Waals surface area contributed by atoms with Gasteiger partial charge in [-0.15, -0.1) is 0 Å². The molecule has 1 aliphatic heterocycles. The number of imide groups is 1. The van der Waals surface area contributed by atoms with Crippen molar-refractivity contribution in [3.05, 3.63) is 70.2 Å². The van der Waals surface area contributed by atoms with Gasteiger partial charge in [-0.05, 0) is 29.8 Å². The molecule has 0 spiro atoms. The van der Waals surface area contributed by atoms with Gasteiger partial charge in [-0.25, -0.2) is 0 Å². The van der Waals surface area contributed by atoms with Gasteiger partial charge in [-0.3, -0.25) is 14.5 Å². The van der Waals surface area contributed by atoms with E-state index in [0.29, 0.717) is 35.8 Å². The summed E-state index contributed by atoms with van der Waals surface area (Å²) < 4.78 is 0. The molecular formula is C17H15ClN2O2. The topological polar surface area (TPSA) is 49.4 Å². The lowest BCUT2D eigenvalue weighted by Crippen LogP contribution is -2.36. The molecule has 0 fully saturated rings. The number of hydrogen-bond donors (Lipinski definition) is 1. The van der Waals surface area contributed by atoms with Crippen LogP contribution in [0.5, 0.6) is 0 Å². The fourth-order valence-electron chi connectivity index (χ4n) is 2.47. The van der Waals surface area contributed by atoms with Crippen LogP contribution in [0.15, 0.2) is 48.5 Å². The minimum atomic E-state index is -0.214. The molecule has 0 saturated carbocycles. The van der Waals surface area contributed by atoms with Gasteiger partial charge in [-0.1, -0.05) is 35.9 Å². The summed E-state index contributed by atoms with van der Waals surface area (Å²) in [4.78, 5) is 25.6. The Kier molecular flexibility index (Phi) is 4.22. The molecule has 1 heterocycles. The first-order valence-electron chi connectivity index (χ1n) is 7.07. The van der Waals surface area contributed by atoms with E-state index in [1.165, 1.54) is 4.90 Å². The van der Waals surface area contributed by atoms with Crippen molar-refractivity contribution in [3.8, 4) is 0 Å². The minimum Gasteiger partial charge on any atom is -0.311 e. The number of rotatable bonds is 5. The second-order valence-electron chi connectivity index (χ2n) is 5.11. The molecule has 3 rings (SSSR count). The van der Waals surface area contributed by atoms with Crippen LogP contribution in [-0.4, -0.2) is 29.8 Å². The Morgan fingerprint density at radius 1 is 0.909 bits per heavy atom. The van der Waals surface area contributed by atoms with Crippen LogP contribution >= 0.6 is 11.6 Å². The molecular weight excluding hydrogens is 300 g/mol. The number of carbonyl (C=O) groups is 2. The van der Waals surface area contributed by atoms with Gasteiger partial charge in [0.25, 0.3) is 11.8 Å². The number of nitrogens with zero attached hydrogens (tertiary/aromatic N) is 1. The molecule has 1 N–H and O–H groups in total. The number of hydrogen-bond acceptors (Lipinski definition) is 3. The number of halogens is 1. The predicted molar refractivity (Wildman–Crippen MR) is 85.0 cm³/mol. The molecule has 2 aromatic carbocycles. The van der Waals surface area contributed by atoms with E-state index in [-0.39, 0.29) is 11.8 Å². The monoisotopic (exact) mass is 314 g/mol. The second kappa shape index (κ2) is 6.30. The number of nitrogens with one attached hydrogen (secondary N) is 1. The van der Waals surface area contributed by atoms with Crippen LogP contribution in [0.25, 0.3) is 0 Å². The van der Waals surface area contributed by atoms with E-state index in [0.717, 1.165) is 5.56 Å². The zero-order valence-electron chi connectivity index (χ0n) is 11.9. The molecule has 0 saturated heterocycles. The van der Waals surface area contributed by atoms with Gasteiger partial charge >= 0.3 is 0 Å². The summed E-state index contributed by atoms with van der Waals surface area (Å²) in [5.41, 5.74) is 2.09. The van der Waals surface area contributed by atoms with Crippen molar-refractivity contribution in [1.29, 1.82) is 0 Å². The zero-order valence-corrected chi connectivity index (χ0v) is 12.6. The van der Waals surface area contributed by atoms with E-state index in [9.17, 15) is 9.59 Å². The zero-order chi connectivity index (χ0) is 15.5. The SMILES string of the molecule is O=C1c2ccccc2C(=O)N1CCNCc1ccc(Cl)cc1. The van der Waals surface area contributed by atoms with Gasteiger partial charge in [0.2, 0.25) is 0 Å². The molecule has 0 aromatic heterocycles. The van der Waals surface area contributed by atoms with Crippen molar-refractivity contribution in [1.82, 2.24) is 10.2 Å². The summed E-state index contributed by atoms with van der Waals surface area (Å²) >= 11 is 5.83. The molecule has 5 heteroatoms. The van der Waals surface area contributed by atoms with E-state index < -0.39 is 0 Å². The van der Waals surface area contributed by atoms with E-state index in [1.54, 1.807) is 24.3 Å². The molecule has 0 atom stereocenters. The van der Waals surface area contributed by atoms with E-state index in [1.807, 2.05) is 24.3 Å². The third-order valence-electron chi connectivity index (χ3n) is 3.63. The fourth-order valence-corrected chi connectivity index (χ4v) is 2.59. The molecule has 4 nitrogen and oxygen atoms in total. The molecule has 0 aliphatic carbocycles. The average molecular weight is 315 g/mol. The Hall–Kier alpha value is -2.17. The standard InChI is InChI=1S/C17H15ClN2O2/c18-13-7-5-12(6-8-13)11-19-9-10-20-16(21)14-3-1-2-4-15(14)17(20)22/h1-8,19H,9-11H2. The van der Waals surface area contributed by atoms with Gasteiger partial charge < -0.3 is 5.32 Å². The molecule has 22 heavy (non-hydrogen) atoms. The highest BCUT2D eigenvalue weighted by Gasteiger charge is 2.34. The number of benzene rings is 2. The summed E-state index contributed by atoms with van der Waals surface area (Å²) in [6.45, 7) is 1.58. The largest absolute Gasteiger partial charge is 0.311 e. The maximum absolute atomic E-state index is 12.2. The summed E-state index contributed by atoms with van der Waals surface area (Å²) in [6, 6.07) is 14.5. The van der Waals surface area contributed by atoms with Gasteiger partial charge in [0.1, 0.15) is 0 Å². The normalized spacial score (nSPS) is 13.6. The van der Waals surface area contributed by atoms with Gasteiger partial charge in [0.15, 0.2) is 0 Å². The Morgan fingerprint density at radius 2 is 1.50 bits per heavy atom. The van der Waals surface area contributed by atoms with Crippen LogP contribution in [0, 0.1) is 0 Å². The lowest BCUT2D eigenvalue weighted by atomic mass is 10.1. The van der Waals surface area contributed by atoms with Crippen LogP contribution < -0.4 is 5.32 Å². The van der Waals surface area contributed by atoms with Crippen molar-refractivity contribution < 1.29 is 9.59 Å². The highest BCUT2D eigenvalue weighted by Crippen LogP contribution is 2.21. The highest BCUT2D eigenvalue weighted by molar-refractivity contribution is 6.30. The smallest absolute Gasteiger partial charge is 0.261 e. The lowest BCUT2D eigenvalue weighted by molar-refractivity contribution is 0.0655. The number of carbonyl (C=O) groups excluding carboxylic acids is 2. The first-order valence-corrected chi connectivity index (χ1v) is 7.45.